The minimum atomic E-state index is 0.101. The molecule has 1 rings (SSSR count). The Balaban J connectivity index is 2.45. The summed E-state index contributed by atoms with van der Waals surface area (Å²) in [7, 11) is 1.85. The Hall–Kier alpha value is -0.520. The fraction of sp³-hybridized carbons (Fsp3) is 0.857. The highest BCUT2D eigenvalue weighted by Crippen LogP contribution is 2.39. The van der Waals surface area contributed by atoms with Crippen LogP contribution in [0.5, 0.6) is 0 Å². The SMILES string of the molecule is C#CCCCC(NCCC)C1(OC)CCC1. The van der Waals surface area contributed by atoms with Crippen molar-refractivity contribution < 1.29 is 4.74 Å². The molecule has 1 N–H and O–H groups in total. The van der Waals surface area contributed by atoms with E-state index in [-0.39, 0.29) is 5.60 Å². The molecule has 0 aromatic rings. The van der Waals surface area contributed by atoms with Gasteiger partial charge in [-0.15, -0.1) is 12.3 Å². The number of unbranched alkanes of at least 4 members (excludes halogenated alkanes) is 1. The number of methoxy groups -OCH3 is 1. The molecule has 0 radical (unpaired) electrons. The molecule has 1 aliphatic rings. The van der Waals surface area contributed by atoms with E-state index in [2.05, 4.69) is 18.2 Å². The van der Waals surface area contributed by atoms with Crippen molar-refractivity contribution in [2.45, 2.75) is 63.5 Å². The number of hydrogen-bond acceptors (Lipinski definition) is 2. The summed E-state index contributed by atoms with van der Waals surface area (Å²) >= 11 is 0. The summed E-state index contributed by atoms with van der Waals surface area (Å²) in [5.74, 6) is 2.72. The second-order valence-electron chi connectivity index (χ2n) is 4.73. The van der Waals surface area contributed by atoms with Gasteiger partial charge in [-0.25, -0.2) is 0 Å². The molecule has 1 unspecified atom stereocenters. The lowest BCUT2D eigenvalue weighted by atomic mass is 9.73. The molecule has 0 aromatic carbocycles. The summed E-state index contributed by atoms with van der Waals surface area (Å²) in [5.41, 5.74) is 0.101. The van der Waals surface area contributed by atoms with Gasteiger partial charge in [-0.2, -0.15) is 0 Å². The molecule has 0 amide bonds. The summed E-state index contributed by atoms with van der Waals surface area (Å²) in [5, 5.41) is 3.63. The van der Waals surface area contributed by atoms with Crippen LogP contribution >= 0.6 is 0 Å². The Bertz CT molecular complexity index is 222. The number of ether oxygens (including phenoxy) is 1. The van der Waals surface area contributed by atoms with Gasteiger partial charge >= 0.3 is 0 Å². The van der Waals surface area contributed by atoms with Gasteiger partial charge in [0.05, 0.1) is 5.60 Å². The quantitative estimate of drug-likeness (QED) is 0.504. The standard InChI is InChI=1S/C14H25NO/c1-4-6-7-9-13(15-12-5-2)14(16-3)10-8-11-14/h1,13,15H,5-12H2,2-3H3. The highest BCUT2D eigenvalue weighted by atomic mass is 16.5. The molecule has 0 aromatic heterocycles. The van der Waals surface area contributed by atoms with Gasteiger partial charge in [-0.3, -0.25) is 0 Å². The molecule has 92 valence electrons. The molecule has 2 heteroatoms. The van der Waals surface area contributed by atoms with Crippen molar-refractivity contribution in [2.75, 3.05) is 13.7 Å². The van der Waals surface area contributed by atoms with Gasteiger partial charge in [0.15, 0.2) is 0 Å². The monoisotopic (exact) mass is 223 g/mol. The van der Waals surface area contributed by atoms with Crippen molar-refractivity contribution in [3.05, 3.63) is 0 Å². The van der Waals surface area contributed by atoms with Crippen LogP contribution in [0.1, 0.15) is 51.9 Å². The van der Waals surface area contributed by atoms with Crippen molar-refractivity contribution >= 4 is 0 Å². The van der Waals surface area contributed by atoms with E-state index in [9.17, 15) is 0 Å². The Morgan fingerprint density at radius 3 is 2.69 bits per heavy atom. The first-order valence-corrected chi connectivity index (χ1v) is 6.51. The average molecular weight is 223 g/mol. The van der Waals surface area contributed by atoms with E-state index in [0.717, 1.165) is 25.8 Å². The minimum absolute atomic E-state index is 0.101. The zero-order chi connectivity index (χ0) is 11.9. The van der Waals surface area contributed by atoms with Crippen LogP contribution in [-0.4, -0.2) is 25.3 Å². The van der Waals surface area contributed by atoms with Crippen LogP contribution in [0, 0.1) is 12.3 Å². The lowest BCUT2D eigenvalue weighted by molar-refractivity contribution is -0.100. The number of rotatable bonds is 8. The summed E-state index contributed by atoms with van der Waals surface area (Å²) in [6.07, 6.45) is 13.3. The molecule has 0 spiro atoms. The van der Waals surface area contributed by atoms with E-state index in [0.29, 0.717) is 6.04 Å². The second kappa shape index (κ2) is 6.93. The number of hydrogen-bond donors (Lipinski definition) is 1. The van der Waals surface area contributed by atoms with E-state index in [4.69, 9.17) is 11.2 Å². The van der Waals surface area contributed by atoms with Gasteiger partial charge in [-0.1, -0.05) is 6.92 Å². The molecule has 1 atom stereocenters. The average Bonchev–Trinajstić information content (AvgIpc) is 2.24. The van der Waals surface area contributed by atoms with Crippen LogP contribution in [0.25, 0.3) is 0 Å². The van der Waals surface area contributed by atoms with E-state index in [1.807, 2.05) is 7.11 Å². The van der Waals surface area contributed by atoms with Crippen LogP contribution in [0.3, 0.4) is 0 Å². The Kier molecular flexibility index (Phi) is 5.87. The maximum absolute atomic E-state index is 5.75. The number of terminal acetylenes is 1. The first-order chi connectivity index (χ1) is 7.79. The summed E-state index contributed by atoms with van der Waals surface area (Å²) < 4.78 is 5.75. The highest BCUT2D eigenvalue weighted by molar-refractivity contribution is 5.00. The molecule has 0 saturated heterocycles. The third-order valence-electron chi connectivity index (χ3n) is 3.70. The molecule has 16 heavy (non-hydrogen) atoms. The van der Waals surface area contributed by atoms with E-state index < -0.39 is 0 Å². The zero-order valence-corrected chi connectivity index (χ0v) is 10.7. The molecule has 0 heterocycles. The van der Waals surface area contributed by atoms with Gasteiger partial charge < -0.3 is 10.1 Å². The topological polar surface area (TPSA) is 21.3 Å². The van der Waals surface area contributed by atoms with Gasteiger partial charge in [0, 0.05) is 19.6 Å². The number of nitrogens with one attached hydrogen (secondary N) is 1. The van der Waals surface area contributed by atoms with Crippen molar-refractivity contribution in [1.29, 1.82) is 0 Å². The van der Waals surface area contributed by atoms with Gasteiger partial charge in [-0.05, 0) is 45.1 Å². The predicted octanol–water partition coefficient (Wildman–Crippen LogP) is 2.73. The van der Waals surface area contributed by atoms with Crippen LogP contribution in [0.2, 0.25) is 0 Å². The second-order valence-corrected chi connectivity index (χ2v) is 4.73. The molecule has 1 aliphatic carbocycles. The molecule has 1 fully saturated rings. The highest BCUT2D eigenvalue weighted by Gasteiger charge is 2.43. The van der Waals surface area contributed by atoms with Crippen LogP contribution in [0.15, 0.2) is 0 Å². The minimum Gasteiger partial charge on any atom is -0.377 e. The zero-order valence-electron chi connectivity index (χ0n) is 10.7. The van der Waals surface area contributed by atoms with E-state index >= 15 is 0 Å². The summed E-state index contributed by atoms with van der Waals surface area (Å²) in [6, 6.07) is 0.486. The molecule has 2 nitrogen and oxygen atoms in total. The Morgan fingerprint density at radius 2 is 2.25 bits per heavy atom. The third-order valence-corrected chi connectivity index (χ3v) is 3.70. The maximum atomic E-state index is 5.75. The normalized spacial score (nSPS) is 19.8. The van der Waals surface area contributed by atoms with Crippen molar-refractivity contribution in [3.8, 4) is 12.3 Å². The fourth-order valence-corrected chi connectivity index (χ4v) is 2.50. The lowest BCUT2D eigenvalue weighted by Crippen LogP contribution is -2.56. The van der Waals surface area contributed by atoms with Gasteiger partial charge in [0.2, 0.25) is 0 Å². The third kappa shape index (κ3) is 3.23. The van der Waals surface area contributed by atoms with Gasteiger partial charge in [0.1, 0.15) is 0 Å². The van der Waals surface area contributed by atoms with E-state index in [1.165, 1.54) is 25.7 Å². The smallest absolute Gasteiger partial charge is 0.0831 e. The summed E-state index contributed by atoms with van der Waals surface area (Å²) in [6.45, 7) is 3.28. The Labute approximate surface area is 100 Å². The van der Waals surface area contributed by atoms with Crippen LogP contribution in [-0.2, 0) is 4.74 Å². The lowest BCUT2D eigenvalue weighted by Gasteiger charge is -2.47. The molecule has 0 aliphatic heterocycles. The first kappa shape index (κ1) is 13.5. The van der Waals surface area contributed by atoms with Crippen molar-refractivity contribution in [3.63, 3.8) is 0 Å². The molecular weight excluding hydrogens is 198 g/mol. The molecule has 0 bridgehead atoms. The maximum Gasteiger partial charge on any atom is 0.0831 e. The van der Waals surface area contributed by atoms with Crippen LogP contribution in [0.4, 0.5) is 0 Å². The van der Waals surface area contributed by atoms with Crippen molar-refractivity contribution in [1.82, 2.24) is 5.32 Å². The fourth-order valence-electron chi connectivity index (χ4n) is 2.50. The first-order valence-electron chi connectivity index (χ1n) is 6.51. The van der Waals surface area contributed by atoms with E-state index in [1.54, 1.807) is 0 Å². The Morgan fingerprint density at radius 1 is 1.50 bits per heavy atom. The van der Waals surface area contributed by atoms with Crippen LogP contribution < -0.4 is 5.32 Å². The van der Waals surface area contributed by atoms with Gasteiger partial charge in [0.25, 0.3) is 0 Å². The molecule has 1 saturated carbocycles. The predicted molar refractivity (Wildman–Crippen MR) is 68.4 cm³/mol. The largest absolute Gasteiger partial charge is 0.377 e. The van der Waals surface area contributed by atoms with Crippen molar-refractivity contribution in [2.24, 2.45) is 0 Å². The molecular formula is C14H25NO. The summed E-state index contributed by atoms with van der Waals surface area (Å²) in [4.78, 5) is 0.